The Morgan fingerprint density at radius 1 is 1.31 bits per heavy atom. The lowest BCUT2D eigenvalue weighted by molar-refractivity contribution is 0.605. The first kappa shape index (κ1) is 7.33. The fraction of sp³-hybridized carbons (Fsp3) is 0.200. The zero-order valence-electron chi connectivity index (χ0n) is 6.95. The van der Waals surface area contributed by atoms with Gasteiger partial charge in [0.25, 0.3) is 0 Å². The molecule has 1 saturated heterocycles. The molecule has 0 spiro atoms. The summed E-state index contributed by atoms with van der Waals surface area (Å²) in [5.74, 6) is 0.290. The molecule has 3 heteroatoms. The van der Waals surface area contributed by atoms with Crippen LogP contribution in [0.2, 0.25) is 0 Å². The van der Waals surface area contributed by atoms with E-state index in [1.165, 1.54) is 0 Å². The standard InChI is InChI=1S/C10H8O2S/c11-13(12)5-4-9-8-3-1-2-7(8)6-10(9)13/h1-3,6H,4-5H2. The second-order valence-electron chi connectivity index (χ2n) is 3.45. The van der Waals surface area contributed by atoms with E-state index in [0.717, 1.165) is 16.7 Å². The molecule has 1 heterocycles. The van der Waals surface area contributed by atoms with Crippen molar-refractivity contribution in [2.24, 2.45) is 0 Å². The summed E-state index contributed by atoms with van der Waals surface area (Å²) in [6, 6.07) is 0. The molecule has 0 amide bonds. The average Bonchev–Trinajstić information content (AvgIpc) is 2.63. The second-order valence-corrected chi connectivity index (χ2v) is 5.53. The maximum absolute atomic E-state index is 11.5. The molecule has 0 radical (unpaired) electrons. The van der Waals surface area contributed by atoms with E-state index in [1.54, 1.807) is 6.08 Å². The molecule has 0 aromatic rings. The summed E-state index contributed by atoms with van der Waals surface area (Å²) in [6.45, 7) is 0. The van der Waals surface area contributed by atoms with Crippen molar-refractivity contribution in [1.29, 1.82) is 0 Å². The maximum atomic E-state index is 11.5. The van der Waals surface area contributed by atoms with Crippen LogP contribution in [0.5, 0.6) is 0 Å². The van der Waals surface area contributed by atoms with E-state index in [-0.39, 0.29) is 0 Å². The first-order chi connectivity index (χ1) is 6.18. The van der Waals surface area contributed by atoms with Crippen molar-refractivity contribution in [2.45, 2.75) is 6.42 Å². The number of sulfone groups is 1. The van der Waals surface area contributed by atoms with Crippen LogP contribution in [0, 0.1) is 0 Å². The molecule has 2 aliphatic carbocycles. The molecule has 3 aliphatic rings. The third-order valence-corrected chi connectivity index (χ3v) is 4.49. The van der Waals surface area contributed by atoms with Gasteiger partial charge >= 0.3 is 0 Å². The van der Waals surface area contributed by atoms with Gasteiger partial charge in [-0.2, -0.15) is 0 Å². The van der Waals surface area contributed by atoms with Gasteiger partial charge in [0, 0.05) is 0 Å². The Bertz CT molecular complexity index is 513. The van der Waals surface area contributed by atoms with Crippen molar-refractivity contribution < 1.29 is 8.42 Å². The average molecular weight is 192 g/mol. The third kappa shape index (κ3) is 0.800. The van der Waals surface area contributed by atoms with Crippen LogP contribution < -0.4 is 0 Å². The molecule has 0 aromatic carbocycles. The molecule has 1 fully saturated rings. The van der Waals surface area contributed by atoms with Crippen LogP contribution in [-0.4, -0.2) is 14.2 Å². The van der Waals surface area contributed by atoms with Gasteiger partial charge in [-0.25, -0.2) is 8.42 Å². The predicted octanol–water partition coefficient (Wildman–Crippen LogP) is 1.50. The first-order valence-corrected chi connectivity index (χ1v) is 5.90. The van der Waals surface area contributed by atoms with Crippen LogP contribution in [0.1, 0.15) is 6.42 Å². The zero-order chi connectivity index (χ0) is 9.05. The molecule has 0 N–H and O–H groups in total. The Morgan fingerprint density at radius 3 is 3.00 bits per heavy atom. The highest BCUT2D eigenvalue weighted by atomic mass is 32.2. The van der Waals surface area contributed by atoms with Gasteiger partial charge in [-0.15, -0.1) is 0 Å². The molecule has 0 saturated carbocycles. The summed E-state index contributed by atoms with van der Waals surface area (Å²) in [5, 5.41) is 0. The van der Waals surface area contributed by atoms with Gasteiger partial charge in [0.15, 0.2) is 9.84 Å². The van der Waals surface area contributed by atoms with Crippen molar-refractivity contribution in [3.63, 3.8) is 0 Å². The van der Waals surface area contributed by atoms with E-state index >= 15 is 0 Å². The smallest absolute Gasteiger partial charge is 0.179 e. The summed E-state index contributed by atoms with van der Waals surface area (Å²) < 4.78 is 23.0. The van der Waals surface area contributed by atoms with Crippen LogP contribution in [0.15, 0.2) is 45.9 Å². The molecule has 3 rings (SSSR count). The Hall–Kier alpha value is -1.09. The van der Waals surface area contributed by atoms with Crippen molar-refractivity contribution in [1.82, 2.24) is 0 Å². The second kappa shape index (κ2) is 2.04. The fourth-order valence-corrected chi connectivity index (χ4v) is 3.66. The molecule has 66 valence electrons. The third-order valence-electron chi connectivity index (χ3n) is 2.71. The van der Waals surface area contributed by atoms with E-state index in [1.807, 2.05) is 18.2 Å². The Morgan fingerprint density at radius 2 is 2.15 bits per heavy atom. The van der Waals surface area contributed by atoms with Gasteiger partial charge in [0.2, 0.25) is 0 Å². The largest absolute Gasteiger partial charge is 0.224 e. The van der Waals surface area contributed by atoms with E-state index in [4.69, 9.17) is 0 Å². The van der Waals surface area contributed by atoms with Crippen molar-refractivity contribution in [3.05, 3.63) is 45.9 Å². The van der Waals surface area contributed by atoms with Crippen LogP contribution in [0.25, 0.3) is 0 Å². The van der Waals surface area contributed by atoms with Crippen LogP contribution in [-0.2, 0) is 9.84 Å². The van der Waals surface area contributed by atoms with Crippen molar-refractivity contribution in [2.75, 3.05) is 5.75 Å². The Kier molecular flexibility index (Phi) is 1.15. The molecule has 0 aromatic heterocycles. The number of hydrogen-bond acceptors (Lipinski definition) is 2. The van der Waals surface area contributed by atoms with E-state index in [9.17, 15) is 8.42 Å². The minimum atomic E-state index is -2.94. The van der Waals surface area contributed by atoms with Gasteiger partial charge in [0.1, 0.15) is 0 Å². The fourth-order valence-electron chi connectivity index (χ4n) is 2.08. The minimum Gasteiger partial charge on any atom is -0.224 e. The molecular formula is C10H8O2S. The number of fused-ring (bicyclic) bond motifs is 2. The van der Waals surface area contributed by atoms with Crippen molar-refractivity contribution >= 4 is 9.84 Å². The van der Waals surface area contributed by atoms with E-state index in [0.29, 0.717) is 17.1 Å². The normalized spacial score (nSPS) is 27.4. The molecule has 2 nitrogen and oxygen atoms in total. The number of hydrogen-bond donors (Lipinski definition) is 0. The predicted molar refractivity (Wildman–Crippen MR) is 50.7 cm³/mol. The number of allylic oxidation sites excluding steroid dienone is 7. The summed E-state index contributed by atoms with van der Waals surface area (Å²) in [4.78, 5) is 0.568. The van der Waals surface area contributed by atoms with Crippen LogP contribution in [0.3, 0.4) is 0 Å². The molecule has 0 unspecified atom stereocenters. The first-order valence-electron chi connectivity index (χ1n) is 4.25. The van der Waals surface area contributed by atoms with Crippen LogP contribution >= 0.6 is 0 Å². The van der Waals surface area contributed by atoms with Gasteiger partial charge in [-0.1, -0.05) is 18.2 Å². The lowest BCUT2D eigenvalue weighted by Gasteiger charge is -1.94. The van der Waals surface area contributed by atoms with Gasteiger partial charge < -0.3 is 0 Å². The molecule has 0 atom stereocenters. The monoisotopic (exact) mass is 192 g/mol. The summed E-state index contributed by atoms with van der Waals surface area (Å²) in [5.41, 5.74) is 3.21. The lowest BCUT2D eigenvalue weighted by atomic mass is 10.1. The Balaban J connectivity index is 2.32. The van der Waals surface area contributed by atoms with E-state index in [2.05, 4.69) is 0 Å². The quantitative estimate of drug-likeness (QED) is 0.582. The molecule has 13 heavy (non-hydrogen) atoms. The van der Waals surface area contributed by atoms with Crippen molar-refractivity contribution in [3.8, 4) is 0 Å². The SMILES string of the molecule is O=S1(=O)CCC2=C3C=CC=C3C=C21. The molecular weight excluding hydrogens is 184 g/mol. The number of rotatable bonds is 0. The van der Waals surface area contributed by atoms with Gasteiger partial charge in [-0.3, -0.25) is 0 Å². The lowest BCUT2D eigenvalue weighted by Crippen LogP contribution is -1.97. The maximum Gasteiger partial charge on any atom is 0.179 e. The summed E-state index contributed by atoms with van der Waals surface area (Å²) in [6.07, 6.45) is 8.41. The highest BCUT2D eigenvalue weighted by Gasteiger charge is 2.35. The summed E-state index contributed by atoms with van der Waals surface area (Å²) >= 11 is 0. The summed E-state index contributed by atoms with van der Waals surface area (Å²) in [7, 11) is -2.94. The highest BCUT2D eigenvalue weighted by Crippen LogP contribution is 2.43. The van der Waals surface area contributed by atoms with Crippen LogP contribution in [0.4, 0.5) is 0 Å². The zero-order valence-corrected chi connectivity index (χ0v) is 7.76. The van der Waals surface area contributed by atoms with Gasteiger partial charge in [0.05, 0.1) is 10.7 Å². The molecule has 1 aliphatic heterocycles. The topological polar surface area (TPSA) is 34.1 Å². The minimum absolute atomic E-state index is 0.290. The Labute approximate surface area is 76.9 Å². The van der Waals surface area contributed by atoms with Gasteiger partial charge in [-0.05, 0) is 29.2 Å². The van der Waals surface area contributed by atoms with E-state index < -0.39 is 9.84 Å². The highest BCUT2D eigenvalue weighted by molar-refractivity contribution is 7.95. The molecule has 0 bridgehead atoms.